The van der Waals surface area contributed by atoms with Crippen molar-refractivity contribution >= 4 is 41.6 Å². The van der Waals surface area contributed by atoms with Crippen LogP contribution in [0.5, 0.6) is 11.5 Å². The van der Waals surface area contributed by atoms with E-state index in [-0.39, 0.29) is 36.3 Å². The zero-order valence-electron chi connectivity index (χ0n) is 36.2. The topological polar surface area (TPSA) is 209 Å². The monoisotopic (exact) mass is 912 g/mol. The van der Waals surface area contributed by atoms with Crippen molar-refractivity contribution in [3.63, 3.8) is 0 Å². The molecule has 0 bridgehead atoms. The van der Waals surface area contributed by atoms with Gasteiger partial charge in [0, 0.05) is 12.3 Å². The number of anilines is 1. The maximum Gasteiger partial charge on any atom is 0.405 e. The smallest absolute Gasteiger partial charge is 0.405 e. The van der Waals surface area contributed by atoms with Gasteiger partial charge in [-0.3, -0.25) is 18.4 Å². The minimum absolute atomic E-state index is 0.121. The first-order valence-electron chi connectivity index (χ1n) is 20.6. The minimum atomic E-state index is -4.10. The Kier molecular flexibility index (Phi) is 14.5. The SMILES string of the molecule is COc1ccc(C(Nc2ncnc3c2ncn3[C@@H]2O[C@H](COP(=O)(NCc3ccccc3)OCCSC(=O)C(C)(C)CO)C(O)[C@]2(C)O)(c2ccccc2)c2ccc(OC)cc2)cc1. The van der Waals surface area contributed by atoms with Crippen molar-refractivity contribution in [3.8, 4) is 11.5 Å². The second-order valence-corrected chi connectivity index (χ2v) is 19.0. The normalized spacial score (nSPS) is 19.9. The Morgan fingerprint density at radius 1 is 0.875 bits per heavy atom. The summed E-state index contributed by atoms with van der Waals surface area (Å²) in [6, 6.07) is 34.6. The number of rotatable bonds is 20. The Balaban J connectivity index is 1.17. The molecular weight excluding hydrogens is 860 g/mol. The molecule has 7 rings (SSSR count). The van der Waals surface area contributed by atoms with Crippen molar-refractivity contribution < 1.29 is 47.9 Å². The first kappa shape index (κ1) is 46.8. The Morgan fingerprint density at radius 2 is 1.47 bits per heavy atom. The number of fused-ring (bicyclic) bond motifs is 1. The summed E-state index contributed by atoms with van der Waals surface area (Å²) >= 11 is 0.950. The lowest BCUT2D eigenvalue weighted by atomic mass is 9.77. The number of ether oxygens (including phenoxy) is 3. The van der Waals surface area contributed by atoms with E-state index >= 15 is 0 Å². The summed E-state index contributed by atoms with van der Waals surface area (Å²) in [5.41, 5.74) is 0.141. The first-order chi connectivity index (χ1) is 30.7. The van der Waals surface area contributed by atoms with Gasteiger partial charge in [0.1, 0.15) is 41.2 Å². The van der Waals surface area contributed by atoms with Gasteiger partial charge >= 0.3 is 7.75 Å². The fourth-order valence-corrected chi connectivity index (χ4v) is 9.63. The molecule has 0 aliphatic carbocycles. The predicted octanol–water partition coefficient (Wildman–Crippen LogP) is 6.47. The highest BCUT2D eigenvalue weighted by Crippen LogP contribution is 2.48. The Labute approximate surface area is 375 Å². The molecule has 64 heavy (non-hydrogen) atoms. The van der Waals surface area contributed by atoms with Crippen LogP contribution in [0.15, 0.2) is 122 Å². The van der Waals surface area contributed by atoms with E-state index in [0.29, 0.717) is 22.8 Å². The third-order valence-electron chi connectivity index (χ3n) is 11.2. The number of aromatic nitrogens is 4. The maximum absolute atomic E-state index is 14.2. The molecule has 0 saturated carbocycles. The zero-order chi connectivity index (χ0) is 45.5. The Morgan fingerprint density at radius 3 is 2.06 bits per heavy atom. The van der Waals surface area contributed by atoms with E-state index in [4.69, 9.17) is 33.2 Å². The van der Waals surface area contributed by atoms with Crippen LogP contribution in [0, 0.1) is 5.41 Å². The second-order valence-electron chi connectivity index (χ2n) is 16.1. The zero-order valence-corrected chi connectivity index (χ0v) is 37.9. The molecule has 4 aromatic carbocycles. The van der Waals surface area contributed by atoms with Gasteiger partial charge in [0.2, 0.25) is 0 Å². The summed E-state index contributed by atoms with van der Waals surface area (Å²) in [4.78, 5) is 26.6. The number of hydrogen-bond donors (Lipinski definition) is 5. The Bertz CT molecular complexity index is 2480. The molecule has 3 heterocycles. The van der Waals surface area contributed by atoms with Gasteiger partial charge in [0.05, 0.1) is 45.8 Å². The summed E-state index contributed by atoms with van der Waals surface area (Å²) in [7, 11) is -0.877. The third kappa shape index (κ3) is 9.88. The number of imidazole rings is 1. The van der Waals surface area contributed by atoms with Crippen LogP contribution in [0.2, 0.25) is 0 Å². The van der Waals surface area contributed by atoms with Gasteiger partial charge < -0.3 is 34.8 Å². The van der Waals surface area contributed by atoms with E-state index in [1.807, 2.05) is 109 Å². The summed E-state index contributed by atoms with van der Waals surface area (Å²) < 4.78 is 44.7. The van der Waals surface area contributed by atoms with Crippen molar-refractivity contribution in [3.05, 3.63) is 144 Å². The molecule has 2 aromatic heterocycles. The number of aliphatic hydroxyl groups excluding tert-OH is 2. The lowest BCUT2D eigenvalue weighted by Gasteiger charge is -2.37. The molecule has 18 heteroatoms. The van der Waals surface area contributed by atoms with Gasteiger partial charge in [-0.05, 0) is 67.3 Å². The molecule has 1 saturated heterocycles. The van der Waals surface area contributed by atoms with E-state index in [2.05, 4.69) is 15.4 Å². The minimum Gasteiger partial charge on any atom is -0.497 e. The van der Waals surface area contributed by atoms with Gasteiger partial charge in [-0.2, -0.15) is 0 Å². The standard InChI is InChI=1S/C46H53N6O10PS/c1-44(2,28-53)43(55)64-25-24-60-63(57,50-26-31-12-8-6-9-13-31)61-27-37-39(54)45(3,56)42(62-37)52-30-49-38-40(47-29-48-41(38)52)51-46(32-14-10-7-11-15-32,33-16-20-35(58-4)21-17-33)34-18-22-36(59-5)23-19-34/h6-23,29-30,37,39,42,53-54,56H,24-28H2,1-5H3,(H,50,57)(H,47,48,51)/t37-,39?,42-,45+,63?/m1/s1. The van der Waals surface area contributed by atoms with Gasteiger partial charge in [-0.15, -0.1) is 0 Å². The van der Waals surface area contributed by atoms with E-state index in [9.17, 15) is 24.7 Å². The van der Waals surface area contributed by atoms with Gasteiger partial charge in [-0.25, -0.2) is 24.6 Å². The molecule has 0 amide bonds. The van der Waals surface area contributed by atoms with Crippen molar-refractivity contribution in [2.24, 2.45) is 5.41 Å². The van der Waals surface area contributed by atoms with Crippen molar-refractivity contribution in [2.45, 2.75) is 56.9 Å². The number of hydrogen-bond acceptors (Lipinski definition) is 15. The van der Waals surface area contributed by atoms with Gasteiger partial charge in [-0.1, -0.05) is 96.7 Å². The van der Waals surface area contributed by atoms with Crippen LogP contribution >= 0.6 is 19.5 Å². The van der Waals surface area contributed by atoms with Crippen molar-refractivity contribution in [1.82, 2.24) is 24.6 Å². The van der Waals surface area contributed by atoms with Crippen LogP contribution in [0.4, 0.5) is 5.82 Å². The fourth-order valence-electron chi connectivity index (χ4n) is 7.39. The van der Waals surface area contributed by atoms with Crippen LogP contribution < -0.4 is 19.9 Å². The number of aliphatic hydroxyl groups is 3. The van der Waals surface area contributed by atoms with Crippen LogP contribution in [0.1, 0.15) is 49.3 Å². The van der Waals surface area contributed by atoms with Gasteiger partial charge in [0.15, 0.2) is 28.3 Å². The molecule has 16 nitrogen and oxygen atoms in total. The largest absolute Gasteiger partial charge is 0.497 e. The summed E-state index contributed by atoms with van der Waals surface area (Å²) in [6.45, 7) is 3.91. The highest BCUT2D eigenvalue weighted by Gasteiger charge is 2.54. The number of methoxy groups -OCH3 is 2. The van der Waals surface area contributed by atoms with Crippen molar-refractivity contribution in [1.29, 1.82) is 0 Å². The number of carbonyl (C=O) groups is 1. The molecule has 338 valence electrons. The summed E-state index contributed by atoms with van der Waals surface area (Å²) in [5.74, 6) is 1.87. The number of nitrogens with zero attached hydrogens (tertiary/aromatic N) is 4. The number of nitrogens with one attached hydrogen (secondary N) is 2. The van der Waals surface area contributed by atoms with Crippen molar-refractivity contribution in [2.75, 3.05) is 45.1 Å². The first-order valence-corrected chi connectivity index (χ1v) is 23.1. The molecule has 5 N–H and O–H groups in total. The number of carbonyl (C=O) groups excluding carboxylic acids is 1. The number of benzene rings is 4. The Hall–Kier alpha value is -5.20. The van der Waals surface area contributed by atoms with E-state index in [1.54, 1.807) is 28.1 Å². The fraction of sp³-hybridized carbons (Fsp3) is 0.348. The second kappa shape index (κ2) is 19.9. The van der Waals surface area contributed by atoms with Crippen LogP contribution in [0.3, 0.4) is 0 Å². The summed E-state index contributed by atoms with van der Waals surface area (Å²) in [6.07, 6.45) is -1.12. The highest BCUT2D eigenvalue weighted by molar-refractivity contribution is 8.13. The summed E-state index contributed by atoms with van der Waals surface area (Å²) in [5, 5.41) is 39.3. The van der Waals surface area contributed by atoms with E-state index in [1.165, 1.54) is 24.1 Å². The average molecular weight is 913 g/mol. The van der Waals surface area contributed by atoms with Gasteiger partial charge in [0.25, 0.3) is 0 Å². The van der Waals surface area contributed by atoms with Crippen LogP contribution in [-0.2, 0) is 35.2 Å². The van der Waals surface area contributed by atoms with E-state index in [0.717, 1.165) is 34.0 Å². The molecule has 1 aliphatic heterocycles. The van der Waals surface area contributed by atoms with Crippen LogP contribution in [0.25, 0.3) is 11.2 Å². The number of thioether (sulfide) groups is 1. The third-order valence-corrected chi connectivity index (χ3v) is 13.9. The maximum atomic E-state index is 14.2. The lowest BCUT2D eigenvalue weighted by molar-refractivity contribution is -0.119. The average Bonchev–Trinajstić information content (AvgIpc) is 3.85. The molecule has 1 aliphatic rings. The predicted molar refractivity (Wildman–Crippen MR) is 243 cm³/mol. The quantitative estimate of drug-likeness (QED) is 0.0316. The van der Waals surface area contributed by atoms with E-state index < -0.39 is 49.3 Å². The molecule has 0 radical (unpaired) electrons. The van der Waals surface area contributed by atoms with Crippen LogP contribution in [-0.4, -0.2) is 97.6 Å². The highest BCUT2D eigenvalue weighted by atomic mass is 32.2. The molecule has 6 aromatic rings. The molecule has 2 unspecified atom stereocenters. The lowest BCUT2D eigenvalue weighted by Crippen LogP contribution is -2.44. The molecule has 5 atom stereocenters. The molecular formula is C46H53N6O10PS. The molecule has 0 spiro atoms. The molecule has 1 fully saturated rings.